The van der Waals surface area contributed by atoms with Crippen molar-refractivity contribution in [3.05, 3.63) is 11.5 Å². The van der Waals surface area contributed by atoms with Crippen molar-refractivity contribution >= 4 is 11.9 Å². The Hall–Kier alpha value is -1.80. The zero-order chi connectivity index (χ0) is 17.9. The Morgan fingerprint density at radius 1 is 1.25 bits per heavy atom. The van der Waals surface area contributed by atoms with E-state index < -0.39 is 43.1 Å². The fraction of sp³-hybridized carbons (Fsp3) is 0.750. The van der Waals surface area contributed by atoms with E-state index in [9.17, 15) is 19.8 Å². The molecule has 0 aliphatic carbocycles. The summed E-state index contributed by atoms with van der Waals surface area (Å²) in [5, 5.41) is 28.0. The Kier molecular flexibility index (Phi) is 9.18. The number of carbonyl (C=O) groups excluding carboxylic acids is 2. The molecule has 1 rings (SSSR count). The Bertz CT molecular complexity index is 445. The van der Waals surface area contributed by atoms with Crippen molar-refractivity contribution in [2.24, 2.45) is 0 Å². The second-order valence-corrected chi connectivity index (χ2v) is 5.57. The van der Waals surface area contributed by atoms with Gasteiger partial charge in [-0.1, -0.05) is 39.0 Å². The lowest BCUT2D eigenvalue weighted by molar-refractivity contribution is -0.150. The first-order chi connectivity index (χ1) is 11.5. The summed E-state index contributed by atoms with van der Waals surface area (Å²) in [6.07, 6.45) is 3.60. The second kappa shape index (κ2) is 10.9. The van der Waals surface area contributed by atoms with Gasteiger partial charge in [0.2, 0.25) is 5.76 Å². The molecule has 8 nitrogen and oxygen atoms in total. The summed E-state index contributed by atoms with van der Waals surface area (Å²) in [6, 6.07) is 0. The molecule has 0 unspecified atom stereocenters. The van der Waals surface area contributed by atoms with E-state index in [-0.39, 0.29) is 12.4 Å². The highest BCUT2D eigenvalue weighted by Crippen LogP contribution is 2.24. The van der Waals surface area contributed by atoms with Crippen LogP contribution in [0.25, 0.3) is 0 Å². The van der Waals surface area contributed by atoms with Crippen LogP contribution in [0, 0.1) is 0 Å². The molecule has 0 bridgehead atoms. The summed E-state index contributed by atoms with van der Waals surface area (Å²) in [5.41, 5.74) is 0. The summed E-state index contributed by atoms with van der Waals surface area (Å²) >= 11 is 0. The largest absolute Gasteiger partial charge is 0.499 e. The van der Waals surface area contributed by atoms with Gasteiger partial charge in [-0.15, -0.1) is 0 Å². The molecule has 0 saturated heterocycles. The number of carbonyl (C=O) groups is 2. The molecule has 3 N–H and O–H groups in total. The molecule has 1 aliphatic heterocycles. The van der Waals surface area contributed by atoms with Gasteiger partial charge >= 0.3 is 11.9 Å². The van der Waals surface area contributed by atoms with Crippen LogP contribution in [0.2, 0.25) is 0 Å². The topological polar surface area (TPSA) is 123 Å². The average Bonchev–Trinajstić information content (AvgIpc) is 2.86. The average molecular weight is 346 g/mol. The quantitative estimate of drug-likeness (QED) is 0.353. The lowest BCUT2D eigenvalue weighted by Gasteiger charge is -2.17. The van der Waals surface area contributed by atoms with Gasteiger partial charge in [-0.2, -0.15) is 0 Å². The van der Waals surface area contributed by atoms with Crippen LogP contribution in [0.5, 0.6) is 0 Å². The molecule has 24 heavy (non-hydrogen) atoms. The molecule has 0 saturated carbocycles. The van der Waals surface area contributed by atoms with Crippen molar-refractivity contribution in [3.8, 4) is 0 Å². The number of rotatable bonds is 12. The van der Waals surface area contributed by atoms with E-state index in [0.29, 0.717) is 0 Å². The molecule has 0 aromatic rings. The molecule has 2 atom stereocenters. The van der Waals surface area contributed by atoms with Gasteiger partial charge in [0.25, 0.3) is 0 Å². The van der Waals surface area contributed by atoms with E-state index in [4.69, 9.17) is 14.6 Å². The van der Waals surface area contributed by atoms with Crippen molar-refractivity contribution in [2.45, 2.75) is 57.7 Å². The number of hydrogen-bond donors (Lipinski definition) is 3. The summed E-state index contributed by atoms with van der Waals surface area (Å²) in [7, 11) is 0. The van der Waals surface area contributed by atoms with Gasteiger partial charge in [-0.05, 0) is 6.42 Å². The zero-order valence-corrected chi connectivity index (χ0v) is 13.9. The minimum atomic E-state index is -1.45. The first-order valence-corrected chi connectivity index (χ1v) is 8.22. The standard InChI is InChI=1S/C16H26O8/c1-2-3-4-5-6-7-8-22-12(19)10-23-15-13(20)16(21)24-14(15)11(18)9-17/h11,14,17-18,20H,2-10H2,1H3/t11-,14+/m0/s1. The maximum atomic E-state index is 11.6. The predicted molar refractivity (Wildman–Crippen MR) is 82.9 cm³/mol. The molecule has 0 spiro atoms. The van der Waals surface area contributed by atoms with Gasteiger partial charge in [0.1, 0.15) is 6.10 Å². The second-order valence-electron chi connectivity index (χ2n) is 5.57. The summed E-state index contributed by atoms with van der Waals surface area (Å²) in [5.74, 6) is -2.93. The van der Waals surface area contributed by atoms with Crippen molar-refractivity contribution in [2.75, 3.05) is 19.8 Å². The van der Waals surface area contributed by atoms with Crippen molar-refractivity contribution < 1.29 is 39.1 Å². The summed E-state index contributed by atoms with van der Waals surface area (Å²) in [6.45, 7) is 1.20. The minimum absolute atomic E-state index is 0.275. The van der Waals surface area contributed by atoms with E-state index >= 15 is 0 Å². The van der Waals surface area contributed by atoms with Crippen LogP contribution in [-0.4, -0.2) is 59.3 Å². The van der Waals surface area contributed by atoms with Gasteiger partial charge in [-0.25, -0.2) is 9.59 Å². The molecule has 138 valence electrons. The van der Waals surface area contributed by atoms with E-state index in [2.05, 4.69) is 11.7 Å². The number of cyclic esters (lactones) is 1. The van der Waals surface area contributed by atoms with Crippen LogP contribution < -0.4 is 0 Å². The fourth-order valence-electron chi connectivity index (χ4n) is 2.21. The third kappa shape index (κ3) is 6.37. The number of aliphatic hydroxyl groups excluding tert-OH is 3. The highest BCUT2D eigenvalue weighted by Gasteiger charge is 2.40. The summed E-state index contributed by atoms with van der Waals surface area (Å²) in [4.78, 5) is 22.8. The molecule has 0 fully saturated rings. The smallest absolute Gasteiger partial charge is 0.378 e. The highest BCUT2D eigenvalue weighted by atomic mass is 16.6. The van der Waals surface area contributed by atoms with E-state index in [1.165, 1.54) is 19.3 Å². The van der Waals surface area contributed by atoms with Crippen molar-refractivity contribution in [3.63, 3.8) is 0 Å². The molecule has 1 heterocycles. The Labute approximate surface area is 141 Å². The van der Waals surface area contributed by atoms with Gasteiger partial charge < -0.3 is 29.5 Å². The van der Waals surface area contributed by atoms with Crippen molar-refractivity contribution in [1.29, 1.82) is 0 Å². The van der Waals surface area contributed by atoms with E-state index in [0.717, 1.165) is 19.3 Å². The number of aliphatic hydroxyl groups is 3. The maximum absolute atomic E-state index is 11.6. The van der Waals surface area contributed by atoms with E-state index in [1.807, 2.05) is 0 Å². The van der Waals surface area contributed by atoms with Gasteiger partial charge in [0.05, 0.1) is 13.2 Å². The molecular formula is C16H26O8. The van der Waals surface area contributed by atoms with Crippen LogP contribution in [0.15, 0.2) is 11.5 Å². The Balaban J connectivity index is 2.28. The SMILES string of the molecule is CCCCCCCCOC(=O)COC1=C(O)C(=O)O[C@@H]1[C@@H](O)CO. The van der Waals surface area contributed by atoms with Crippen LogP contribution in [0.3, 0.4) is 0 Å². The Morgan fingerprint density at radius 3 is 2.58 bits per heavy atom. The predicted octanol–water partition coefficient (Wildman–Crippen LogP) is 0.955. The van der Waals surface area contributed by atoms with Gasteiger partial charge in [-0.3, -0.25) is 0 Å². The lowest BCUT2D eigenvalue weighted by Crippen LogP contribution is -2.33. The van der Waals surface area contributed by atoms with Crippen LogP contribution >= 0.6 is 0 Å². The number of unbranched alkanes of at least 4 members (excludes halogenated alkanes) is 5. The third-order valence-electron chi connectivity index (χ3n) is 3.56. The van der Waals surface area contributed by atoms with Crippen molar-refractivity contribution in [1.82, 2.24) is 0 Å². The molecule has 0 aromatic carbocycles. The van der Waals surface area contributed by atoms with Gasteiger partial charge in [0.15, 0.2) is 18.5 Å². The first kappa shape index (κ1) is 20.2. The first-order valence-electron chi connectivity index (χ1n) is 8.22. The molecule has 8 heteroatoms. The molecular weight excluding hydrogens is 320 g/mol. The van der Waals surface area contributed by atoms with E-state index in [1.54, 1.807) is 0 Å². The minimum Gasteiger partial charge on any atom is -0.499 e. The monoisotopic (exact) mass is 346 g/mol. The Morgan fingerprint density at radius 2 is 1.92 bits per heavy atom. The fourth-order valence-corrected chi connectivity index (χ4v) is 2.21. The lowest BCUT2D eigenvalue weighted by atomic mass is 10.1. The number of ether oxygens (including phenoxy) is 3. The normalized spacial score (nSPS) is 18.5. The molecule has 0 radical (unpaired) electrons. The highest BCUT2D eigenvalue weighted by molar-refractivity contribution is 5.89. The molecule has 0 aromatic heterocycles. The zero-order valence-electron chi connectivity index (χ0n) is 13.9. The third-order valence-corrected chi connectivity index (χ3v) is 3.56. The van der Waals surface area contributed by atoms with Crippen LogP contribution in [0.4, 0.5) is 0 Å². The maximum Gasteiger partial charge on any atom is 0.378 e. The van der Waals surface area contributed by atoms with Crippen LogP contribution in [0.1, 0.15) is 45.4 Å². The summed E-state index contributed by atoms with van der Waals surface area (Å²) < 4.78 is 14.7. The molecule has 0 amide bonds. The number of hydrogen-bond acceptors (Lipinski definition) is 8. The van der Waals surface area contributed by atoms with Crippen LogP contribution in [-0.2, 0) is 23.8 Å². The van der Waals surface area contributed by atoms with Gasteiger partial charge in [0, 0.05) is 0 Å². The molecule has 1 aliphatic rings. The number of esters is 2.